The first-order chi connectivity index (χ1) is 5.81. The summed E-state index contributed by atoms with van der Waals surface area (Å²) < 4.78 is 13.5. The number of fused-ring (bicyclic) bond motifs is 1. The SMILES string of the molecule is O=Cc1csc2cc(F)ccc12. The maximum absolute atomic E-state index is 12.7. The van der Waals surface area contributed by atoms with E-state index in [-0.39, 0.29) is 5.82 Å². The molecule has 0 fully saturated rings. The molecule has 12 heavy (non-hydrogen) atoms. The molecule has 0 bridgehead atoms. The minimum Gasteiger partial charge on any atom is -0.298 e. The number of rotatable bonds is 1. The first-order valence-corrected chi connectivity index (χ1v) is 4.31. The van der Waals surface area contributed by atoms with E-state index >= 15 is 0 Å². The highest BCUT2D eigenvalue weighted by Crippen LogP contribution is 2.25. The van der Waals surface area contributed by atoms with Crippen molar-refractivity contribution in [3.8, 4) is 0 Å². The maximum Gasteiger partial charge on any atom is 0.151 e. The van der Waals surface area contributed by atoms with Crippen molar-refractivity contribution in [2.75, 3.05) is 0 Å². The van der Waals surface area contributed by atoms with Gasteiger partial charge in [-0.1, -0.05) is 0 Å². The van der Waals surface area contributed by atoms with E-state index in [0.29, 0.717) is 5.56 Å². The first-order valence-electron chi connectivity index (χ1n) is 3.43. The highest BCUT2D eigenvalue weighted by atomic mass is 32.1. The zero-order valence-corrected chi connectivity index (χ0v) is 6.90. The predicted octanol–water partition coefficient (Wildman–Crippen LogP) is 2.85. The second kappa shape index (κ2) is 2.68. The van der Waals surface area contributed by atoms with Crippen LogP contribution in [-0.2, 0) is 0 Å². The zero-order valence-electron chi connectivity index (χ0n) is 6.08. The minimum atomic E-state index is -0.262. The fourth-order valence-corrected chi connectivity index (χ4v) is 2.04. The van der Waals surface area contributed by atoms with Crippen molar-refractivity contribution in [3.63, 3.8) is 0 Å². The van der Waals surface area contributed by atoms with E-state index in [1.807, 2.05) is 0 Å². The highest BCUT2D eigenvalue weighted by Gasteiger charge is 2.02. The Morgan fingerprint density at radius 2 is 2.25 bits per heavy atom. The molecule has 1 heterocycles. The average molecular weight is 180 g/mol. The van der Waals surface area contributed by atoms with Gasteiger partial charge in [0, 0.05) is 21.0 Å². The van der Waals surface area contributed by atoms with Crippen LogP contribution in [0.1, 0.15) is 10.4 Å². The summed E-state index contributed by atoms with van der Waals surface area (Å²) in [6.45, 7) is 0. The van der Waals surface area contributed by atoms with Gasteiger partial charge in [-0.3, -0.25) is 4.79 Å². The number of aldehydes is 1. The molecule has 3 heteroatoms. The summed E-state index contributed by atoms with van der Waals surface area (Å²) in [7, 11) is 0. The Balaban J connectivity index is 2.81. The molecule has 0 aliphatic heterocycles. The fourth-order valence-electron chi connectivity index (χ4n) is 1.11. The number of benzene rings is 1. The van der Waals surface area contributed by atoms with E-state index in [0.717, 1.165) is 16.4 Å². The van der Waals surface area contributed by atoms with Gasteiger partial charge in [0.05, 0.1) is 0 Å². The second-order valence-electron chi connectivity index (χ2n) is 2.45. The van der Waals surface area contributed by atoms with Gasteiger partial charge in [-0.05, 0) is 18.2 Å². The van der Waals surface area contributed by atoms with Crippen LogP contribution < -0.4 is 0 Å². The Morgan fingerprint density at radius 1 is 1.42 bits per heavy atom. The molecule has 2 aromatic rings. The Morgan fingerprint density at radius 3 is 3.00 bits per heavy atom. The van der Waals surface area contributed by atoms with Crippen LogP contribution in [0.25, 0.3) is 10.1 Å². The molecule has 0 saturated heterocycles. The number of carbonyl (C=O) groups excluding carboxylic acids is 1. The van der Waals surface area contributed by atoms with Crippen molar-refractivity contribution in [3.05, 3.63) is 35.0 Å². The van der Waals surface area contributed by atoms with Crippen LogP contribution in [0.15, 0.2) is 23.6 Å². The summed E-state index contributed by atoms with van der Waals surface area (Å²) >= 11 is 1.38. The summed E-state index contributed by atoms with van der Waals surface area (Å²) in [6.07, 6.45) is 0.788. The van der Waals surface area contributed by atoms with Crippen LogP contribution in [-0.4, -0.2) is 6.29 Å². The molecule has 0 aliphatic rings. The fraction of sp³-hybridized carbons (Fsp3) is 0. The van der Waals surface area contributed by atoms with Crippen LogP contribution in [0.2, 0.25) is 0 Å². The summed E-state index contributed by atoms with van der Waals surface area (Å²) in [5.41, 5.74) is 0.634. The van der Waals surface area contributed by atoms with Gasteiger partial charge in [0.15, 0.2) is 6.29 Å². The normalized spacial score (nSPS) is 10.4. The molecule has 0 radical (unpaired) electrons. The van der Waals surface area contributed by atoms with Crippen LogP contribution >= 0.6 is 11.3 Å². The number of hydrogen-bond acceptors (Lipinski definition) is 2. The molecule has 1 nitrogen and oxygen atoms in total. The predicted molar refractivity (Wildman–Crippen MR) is 47.2 cm³/mol. The Labute approximate surface area is 72.4 Å². The third-order valence-electron chi connectivity index (χ3n) is 1.69. The molecule has 0 saturated carbocycles. The molecule has 60 valence electrons. The lowest BCUT2D eigenvalue weighted by Gasteiger charge is -1.89. The molecule has 1 aromatic heterocycles. The van der Waals surface area contributed by atoms with Gasteiger partial charge < -0.3 is 0 Å². The van der Waals surface area contributed by atoms with E-state index in [1.165, 1.54) is 23.5 Å². The molecular formula is C9H5FOS. The van der Waals surface area contributed by atoms with E-state index in [1.54, 1.807) is 11.4 Å². The van der Waals surface area contributed by atoms with Crippen LogP contribution in [0.5, 0.6) is 0 Å². The topological polar surface area (TPSA) is 17.1 Å². The highest BCUT2D eigenvalue weighted by molar-refractivity contribution is 7.17. The van der Waals surface area contributed by atoms with Gasteiger partial charge in [-0.25, -0.2) is 4.39 Å². The van der Waals surface area contributed by atoms with E-state index in [4.69, 9.17) is 0 Å². The molecule has 0 atom stereocenters. The third-order valence-corrected chi connectivity index (χ3v) is 2.66. The van der Waals surface area contributed by atoms with Gasteiger partial charge in [0.1, 0.15) is 5.82 Å². The van der Waals surface area contributed by atoms with Gasteiger partial charge in [0.2, 0.25) is 0 Å². The monoisotopic (exact) mass is 180 g/mol. The largest absolute Gasteiger partial charge is 0.298 e. The van der Waals surface area contributed by atoms with Gasteiger partial charge >= 0.3 is 0 Å². The summed E-state index contributed by atoms with van der Waals surface area (Å²) in [5, 5.41) is 2.56. The lowest BCUT2D eigenvalue weighted by Crippen LogP contribution is -1.75. The molecule has 0 spiro atoms. The standard InChI is InChI=1S/C9H5FOS/c10-7-1-2-8-6(4-11)5-12-9(8)3-7/h1-5H. The first kappa shape index (κ1) is 7.43. The van der Waals surface area contributed by atoms with Crippen LogP contribution in [0, 0.1) is 5.82 Å². The van der Waals surface area contributed by atoms with Crippen LogP contribution in [0.4, 0.5) is 4.39 Å². The van der Waals surface area contributed by atoms with Crippen molar-refractivity contribution in [2.45, 2.75) is 0 Å². The summed E-state index contributed by atoms with van der Waals surface area (Å²) in [4.78, 5) is 10.5. The van der Waals surface area contributed by atoms with E-state index < -0.39 is 0 Å². The lowest BCUT2D eigenvalue weighted by atomic mass is 10.2. The van der Waals surface area contributed by atoms with E-state index in [9.17, 15) is 9.18 Å². The number of hydrogen-bond donors (Lipinski definition) is 0. The second-order valence-corrected chi connectivity index (χ2v) is 3.36. The maximum atomic E-state index is 12.7. The summed E-state index contributed by atoms with van der Waals surface area (Å²) in [6, 6.07) is 4.43. The molecule has 0 unspecified atom stereocenters. The molecule has 0 aliphatic carbocycles. The van der Waals surface area contributed by atoms with E-state index in [2.05, 4.69) is 0 Å². The van der Waals surface area contributed by atoms with Gasteiger partial charge in [-0.2, -0.15) is 0 Å². The average Bonchev–Trinajstić information content (AvgIpc) is 2.46. The summed E-state index contributed by atoms with van der Waals surface area (Å²) in [5.74, 6) is -0.262. The van der Waals surface area contributed by atoms with Crippen molar-refractivity contribution >= 4 is 27.7 Å². The number of halogens is 1. The third kappa shape index (κ3) is 1.02. The quantitative estimate of drug-likeness (QED) is 0.617. The molecule has 0 N–H and O–H groups in total. The van der Waals surface area contributed by atoms with Crippen molar-refractivity contribution in [2.24, 2.45) is 0 Å². The minimum absolute atomic E-state index is 0.262. The Hall–Kier alpha value is -1.22. The van der Waals surface area contributed by atoms with Gasteiger partial charge in [-0.15, -0.1) is 11.3 Å². The van der Waals surface area contributed by atoms with Crippen LogP contribution in [0.3, 0.4) is 0 Å². The lowest BCUT2D eigenvalue weighted by molar-refractivity contribution is 0.112. The molecular weight excluding hydrogens is 175 g/mol. The van der Waals surface area contributed by atoms with Crippen molar-refractivity contribution in [1.82, 2.24) is 0 Å². The Kier molecular flexibility index (Phi) is 1.66. The van der Waals surface area contributed by atoms with Crippen molar-refractivity contribution in [1.29, 1.82) is 0 Å². The zero-order chi connectivity index (χ0) is 8.55. The molecule has 0 amide bonds. The van der Waals surface area contributed by atoms with Crippen molar-refractivity contribution < 1.29 is 9.18 Å². The number of thiophene rings is 1. The Bertz CT molecular complexity index is 433. The molecule has 2 rings (SSSR count). The smallest absolute Gasteiger partial charge is 0.151 e. The number of carbonyl (C=O) groups is 1. The van der Waals surface area contributed by atoms with Gasteiger partial charge in [0.25, 0.3) is 0 Å². The molecule has 1 aromatic carbocycles.